The summed E-state index contributed by atoms with van der Waals surface area (Å²) in [6.45, 7) is 8.66. The summed E-state index contributed by atoms with van der Waals surface area (Å²) in [5.41, 5.74) is -0.968. The first-order chi connectivity index (χ1) is 17.3. The van der Waals surface area contributed by atoms with Crippen LogP contribution in [0.15, 0.2) is 24.3 Å². The van der Waals surface area contributed by atoms with Gasteiger partial charge in [0.2, 0.25) is 5.91 Å². The van der Waals surface area contributed by atoms with Crippen LogP contribution in [-0.4, -0.2) is 97.6 Å². The number of likely N-dealkylation sites (tertiary alicyclic amines) is 1. The molecular formula is C27H38Cl2N4O3S. The van der Waals surface area contributed by atoms with Crippen molar-refractivity contribution >= 4 is 57.2 Å². The van der Waals surface area contributed by atoms with E-state index in [1.807, 2.05) is 36.1 Å². The maximum Gasteiger partial charge on any atom is 0.262 e. The summed E-state index contributed by atoms with van der Waals surface area (Å²) in [6, 6.07) is 8.14. The van der Waals surface area contributed by atoms with Crippen LogP contribution in [-0.2, 0) is 9.53 Å². The molecule has 4 heterocycles. The molecule has 1 N–H and O–H groups in total. The highest BCUT2D eigenvalue weighted by atomic mass is 35.5. The number of nitrogens with zero attached hydrogens (tertiary/aromatic N) is 3. The predicted octanol–water partition coefficient (Wildman–Crippen LogP) is 4.13. The molecule has 0 spiro atoms. The molecule has 1 atom stereocenters. The molecule has 3 aliphatic heterocycles. The number of hydrogen-bond donors (Lipinski definition) is 1. The summed E-state index contributed by atoms with van der Waals surface area (Å²) < 4.78 is 6.56. The molecule has 0 saturated carbocycles. The minimum absolute atomic E-state index is 0. The summed E-state index contributed by atoms with van der Waals surface area (Å²) in [4.78, 5) is 35.1. The lowest BCUT2D eigenvalue weighted by molar-refractivity contribution is -0.143. The highest BCUT2D eigenvalue weighted by molar-refractivity contribution is 7.20. The van der Waals surface area contributed by atoms with E-state index >= 15 is 0 Å². The molecule has 7 nitrogen and oxygen atoms in total. The normalized spacial score (nSPS) is 22.4. The molecule has 0 aliphatic carbocycles. The van der Waals surface area contributed by atoms with E-state index in [0.29, 0.717) is 42.2 Å². The van der Waals surface area contributed by atoms with Crippen molar-refractivity contribution in [2.45, 2.75) is 44.2 Å². The Labute approximate surface area is 234 Å². The van der Waals surface area contributed by atoms with Gasteiger partial charge < -0.3 is 19.9 Å². The average molecular weight is 570 g/mol. The van der Waals surface area contributed by atoms with E-state index in [2.05, 4.69) is 22.2 Å². The molecule has 2 amide bonds. The van der Waals surface area contributed by atoms with E-state index in [1.54, 1.807) is 0 Å². The highest BCUT2D eigenvalue weighted by Crippen LogP contribution is 2.33. The van der Waals surface area contributed by atoms with Gasteiger partial charge in [0, 0.05) is 55.2 Å². The van der Waals surface area contributed by atoms with Crippen LogP contribution >= 0.6 is 35.3 Å². The van der Waals surface area contributed by atoms with Gasteiger partial charge in [0.05, 0.1) is 4.88 Å². The molecule has 0 radical (unpaired) electrons. The van der Waals surface area contributed by atoms with Crippen molar-refractivity contribution in [1.82, 2.24) is 20.0 Å². The Bertz CT molecular complexity index is 1090. The molecule has 3 saturated heterocycles. The number of fused-ring (bicyclic) bond motifs is 1. The van der Waals surface area contributed by atoms with Gasteiger partial charge in [-0.05, 0) is 82.2 Å². The molecule has 2 aromatic rings. The van der Waals surface area contributed by atoms with Gasteiger partial charge in [-0.1, -0.05) is 17.7 Å². The van der Waals surface area contributed by atoms with Crippen molar-refractivity contribution in [1.29, 1.82) is 0 Å². The van der Waals surface area contributed by atoms with E-state index in [9.17, 15) is 9.59 Å². The van der Waals surface area contributed by atoms with Crippen LogP contribution in [0.2, 0.25) is 5.02 Å². The molecule has 5 rings (SSSR count). The lowest BCUT2D eigenvalue weighted by atomic mass is 9.78. The maximum absolute atomic E-state index is 14.1. The number of piperidine rings is 1. The molecule has 37 heavy (non-hydrogen) atoms. The number of piperazine rings is 1. The number of carbonyl (C=O) groups excluding carboxylic acids is 2. The first kappa shape index (κ1) is 28.6. The quantitative estimate of drug-likeness (QED) is 0.587. The molecule has 0 bridgehead atoms. The third kappa shape index (κ3) is 6.26. The van der Waals surface area contributed by atoms with Gasteiger partial charge in [0.25, 0.3) is 5.91 Å². The smallest absolute Gasteiger partial charge is 0.262 e. The molecule has 3 fully saturated rings. The SMILES string of the molecule is CN1CCC(N2CCN(C(=O)[C@](C)(NC(=O)c3cc4ccc(Cl)cc4s3)C3CCOCC3)CC2)CC1.Cl. The summed E-state index contributed by atoms with van der Waals surface area (Å²) in [5.74, 6) is -0.118. The fourth-order valence-electron chi connectivity index (χ4n) is 6.00. The van der Waals surface area contributed by atoms with E-state index in [0.717, 1.165) is 49.1 Å². The second-order valence-electron chi connectivity index (χ2n) is 10.7. The largest absolute Gasteiger partial charge is 0.381 e. The van der Waals surface area contributed by atoms with Crippen LogP contribution < -0.4 is 5.32 Å². The van der Waals surface area contributed by atoms with Gasteiger partial charge in [-0.2, -0.15) is 0 Å². The van der Waals surface area contributed by atoms with Crippen LogP contribution in [0.4, 0.5) is 0 Å². The van der Waals surface area contributed by atoms with Gasteiger partial charge in [0.1, 0.15) is 5.54 Å². The first-order valence-electron chi connectivity index (χ1n) is 13.1. The fourth-order valence-corrected chi connectivity index (χ4v) is 7.23. The molecule has 0 unspecified atom stereocenters. The van der Waals surface area contributed by atoms with Crippen LogP contribution in [0.1, 0.15) is 42.3 Å². The van der Waals surface area contributed by atoms with Crippen molar-refractivity contribution in [2.75, 3.05) is 59.5 Å². The summed E-state index contributed by atoms with van der Waals surface area (Å²) in [5, 5.41) is 4.84. The van der Waals surface area contributed by atoms with Crippen LogP contribution in [0.3, 0.4) is 0 Å². The third-order valence-corrected chi connectivity index (χ3v) is 9.70. The van der Waals surface area contributed by atoms with Crippen LogP contribution in [0, 0.1) is 5.92 Å². The summed E-state index contributed by atoms with van der Waals surface area (Å²) in [7, 11) is 2.19. The predicted molar refractivity (Wildman–Crippen MR) is 152 cm³/mol. The molecule has 1 aromatic carbocycles. The minimum atomic E-state index is -0.968. The Hall–Kier alpha value is -1.42. The van der Waals surface area contributed by atoms with Crippen molar-refractivity contribution in [3.63, 3.8) is 0 Å². The fraction of sp³-hybridized carbons (Fsp3) is 0.630. The van der Waals surface area contributed by atoms with Gasteiger partial charge in [0.15, 0.2) is 0 Å². The Balaban J connectivity index is 0.00000320. The zero-order valence-electron chi connectivity index (χ0n) is 21.7. The molecule has 1 aromatic heterocycles. The van der Waals surface area contributed by atoms with Crippen molar-refractivity contribution in [3.8, 4) is 0 Å². The standard InChI is InChI=1S/C27H37ClN4O3S.ClH/c1-27(20-7-15-35-16-8-20,29-25(33)24-17-19-3-4-21(28)18-23(19)36-24)26(34)32-13-11-31(12-14-32)22-5-9-30(2)10-6-22;/h3-4,17-18,20,22H,5-16H2,1-2H3,(H,29,33);1H/t27-;/m1./s1. The zero-order chi connectivity index (χ0) is 25.3. The summed E-state index contributed by atoms with van der Waals surface area (Å²) >= 11 is 7.56. The van der Waals surface area contributed by atoms with Crippen LogP contribution in [0.5, 0.6) is 0 Å². The van der Waals surface area contributed by atoms with Crippen molar-refractivity contribution in [2.24, 2.45) is 5.92 Å². The number of halogens is 2. The number of thiophene rings is 1. The van der Waals surface area contributed by atoms with E-state index in [4.69, 9.17) is 16.3 Å². The Morgan fingerprint density at radius 2 is 1.70 bits per heavy atom. The summed E-state index contributed by atoms with van der Waals surface area (Å²) in [6.07, 6.45) is 3.92. The van der Waals surface area contributed by atoms with Crippen LogP contribution in [0.25, 0.3) is 10.1 Å². The maximum atomic E-state index is 14.1. The number of carbonyl (C=O) groups is 2. The number of rotatable bonds is 5. The monoisotopic (exact) mass is 568 g/mol. The Morgan fingerprint density at radius 3 is 2.38 bits per heavy atom. The number of benzene rings is 1. The van der Waals surface area contributed by atoms with Crippen molar-refractivity contribution < 1.29 is 14.3 Å². The Kier molecular flexibility index (Phi) is 9.41. The number of ether oxygens (including phenoxy) is 1. The zero-order valence-corrected chi connectivity index (χ0v) is 24.1. The second-order valence-corrected chi connectivity index (χ2v) is 12.2. The molecule has 204 valence electrons. The van der Waals surface area contributed by atoms with Gasteiger partial charge in [-0.25, -0.2) is 0 Å². The van der Waals surface area contributed by atoms with E-state index < -0.39 is 5.54 Å². The topological polar surface area (TPSA) is 65.1 Å². The van der Waals surface area contributed by atoms with E-state index in [1.165, 1.54) is 24.2 Å². The highest BCUT2D eigenvalue weighted by Gasteiger charge is 2.46. The minimum Gasteiger partial charge on any atom is -0.381 e. The lowest BCUT2D eigenvalue weighted by Crippen LogP contribution is -2.65. The van der Waals surface area contributed by atoms with Crippen molar-refractivity contribution in [3.05, 3.63) is 34.2 Å². The number of amides is 2. The average Bonchev–Trinajstić information content (AvgIpc) is 3.33. The Morgan fingerprint density at radius 1 is 1.03 bits per heavy atom. The van der Waals surface area contributed by atoms with Gasteiger partial charge in [-0.3, -0.25) is 14.5 Å². The molecular weight excluding hydrogens is 531 g/mol. The lowest BCUT2D eigenvalue weighted by Gasteiger charge is -2.46. The van der Waals surface area contributed by atoms with Gasteiger partial charge in [-0.15, -0.1) is 23.7 Å². The van der Waals surface area contributed by atoms with Gasteiger partial charge >= 0.3 is 0 Å². The molecule has 10 heteroatoms. The molecule has 3 aliphatic rings. The second kappa shape index (κ2) is 12.2. The number of nitrogens with one attached hydrogen (secondary N) is 1. The number of hydrogen-bond acceptors (Lipinski definition) is 6. The third-order valence-electron chi connectivity index (χ3n) is 8.37. The van der Waals surface area contributed by atoms with E-state index in [-0.39, 0.29) is 30.1 Å². The first-order valence-corrected chi connectivity index (χ1v) is 14.3.